The normalized spacial score (nSPS) is 23.9. The number of rotatable bonds is 4. The minimum Gasteiger partial charge on any atom is -0.312 e. The molecule has 1 unspecified atom stereocenters. The van der Waals surface area contributed by atoms with Crippen molar-refractivity contribution in [2.75, 3.05) is 23.4 Å². The smallest absolute Gasteiger partial charge is 0.227 e. The van der Waals surface area contributed by atoms with Gasteiger partial charge in [-0.1, -0.05) is 0 Å². The maximum Gasteiger partial charge on any atom is 0.227 e. The van der Waals surface area contributed by atoms with Crippen LogP contribution >= 0.6 is 23.1 Å². The average molecular weight is 283 g/mol. The van der Waals surface area contributed by atoms with E-state index in [1.54, 1.807) is 0 Å². The van der Waals surface area contributed by atoms with Gasteiger partial charge in [0, 0.05) is 41.8 Å². The third kappa shape index (κ3) is 3.24. The summed E-state index contributed by atoms with van der Waals surface area (Å²) in [5.74, 6) is 2.91. The summed E-state index contributed by atoms with van der Waals surface area (Å²) in [7, 11) is 0. The van der Waals surface area contributed by atoms with Crippen molar-refractivity contribution in [2.24, 2.45) is 0 Å². The fourth-order valence-corrected chi connectivity index (χ4v) is 3.81. The van der Waals surface area contributed by atoms with E-state index in [-0.39, 0.29) is 5.91 Å². The Labute approximate surface area is 115 Å². The van der Waals surface area contributed by atoms with Crippen molar-refractivity contribution in [3.63, 3.8) is 0 Å². The van der Waals surface area contributed by atoms with E-state index in [0.29, 0.717) is 18.4 Å². The summed E-state index contributed by atoms with van der Waals surface area (Å²) in [6.45, 7) is 1.01. The quantitative estimate of drug-likeness (QED) is 0.888. The highest BCUT2D eigenvalue weighted by atomic mass is 32.2. The monoisotopic (exact) mass is 283 g/mol. The summed E-state index contributed by atoms with van der Waals surface area (Å²) in [5.41, 5.74) is 1.15. The van der Waals surface area contributed by atoms with Crippen LogP contribution < -0.4 is 10.6 Å². The Balaban J connectivity index is 1.49. The molecule has 1 amide bonds. The van der Waals surface area contributed by atoms with Gasteiger partial charge in [-0.2, -0.15) is 11.8 Å². The fourth-order valence-electron chi connectivity index (χ4n) is 2.06. The number of thiazole rings is 1. The fraction of sp³-hybridized carbons (Fsp3) is 0.667. The van der Waals surface area contributed by atoms with Crippen molar-refractivity contribution < 1.29 is 4.79 Å². The second-order valence-corrected chi connectivity index (χ2v) is 6.84. The van der Waals surface area contributed by atoms with Gasteiger partial charge < -0.3 is 10.6 Å². The molecule has 1 aliphatic carbocycles. The topological polar surface area (TPSA) is 54.0 Å². The number of hydrogen-bond donors (Lipinski definition) is 2. The van der Waals surface area contributed by atoms with Gasteiger partial charge in [-0.3, -0.25) is 4.79 Å². The van der Waals surface area contributed by atoms with Gasteiger partial charge in [0.25, 0.3) is 0 Å². The summed E-state index contributed by atoms with van der Waals surface area (Å²) < 4.78 is 0. The molecule has 0 radical (unpaired) electrons. The molecule has 18 heavy (non-hydrogen) atoms. The zero-order valence-electron chi connectivity index (χ0n) is 10.1. The third-order valence-corrected chi connectivity index (χ3v) is 5.10. The zero-order valence-corrected chi connectivity index (χ0v) is 11.8. The maximum absolute atomic E-state index is 11.9. The van der Waals surface area contributed by atoms with Crippen LogP contribution in [0, 0.1) is 0 Å². The van der Waals surface area contributed by atoms with E-state index in [2.05, 4.69) is 21.0 Å². The molecule has 1 aliphatic heterocycles. The molecule has 4 nitrogen and oxygen atoms in total. The Morgan fingerprint density at radius 3 is 3.17 bits per heavy atom. The van der Waals surface area contributed by atoms with Gasteiger partial charge in [-0.05, 0) is 12.8 Å². The molecular formula is C12H17N3OS2. The summed E-state index contributed by atoms with van der Waals surface area (Å²) >= 11 is 3.45. The van der Waals surface area contributed by atoms with E-state index in [1.807, 2.05) is 11.8 Å². The van der Waals surface area contributed by atoms with Crippen molar-refractivity contribution in [3.05, 3.63) is 11.1 Å². The molecule has 2 fully saturated rings. The van der Waals surface area contributed by atoms with Crippen LogP contribution in [0.3, 0.4) is 0 Å². The van der Waals surface area contributed by atoms with Crippen molar-refractivity contribution in [2.45, 2.75) is 31.2 Å². The van der Waals surface area contributed by atoms with E-state index in [4.69, 9.17) is 0 Å². The van der Waals surface area contributed by atoms with Crippen LogP contribution in [-0.2, 0) is 4.79 Å². The van der Waals surface area contributed by atoms with Crippen LogP contribution in [0.4, 0.5) is 5.13 Å². The van der Waals surface area contributed by atoms with Gasteiger partial charge in [0.15, 0.2) is 5.13 Å². The first-order valence-corrected chi connectivity index (χ1v) is 8.41. The lowest BCUT2D eigenvalue weighted by Crippen LogP contribution is -2.39. The van der Waals surface area contributed by atoms with E-state index in [9.17, 15) is 4.79 Å². The highest BCUT2D eigenvalue weighted by Crippen LogP contribution is 2.40. The van der Waals surface area contributed by atoms with Crippen molar-refractivity contribution in [1.29, 1.82) is 0 Å². The molecule has 1 atom stereocenters. The van der Waals surface area contributed by atoms with Gasteiger partial charge in [0.1, 0.15) is 0 Å². The number of thioether (sulfide) groups is 1. The largest absolute Gasteiger partial charge is 0.312 e. The van der Waals surface area contributed by atoms with Gasteiger partial charge in [-0.15, -0.1) is 11.3 Å². The molecule has 2 N–H and O–H groups in total. The molecule has 2 aliphatic rings. The van der Waals surface area contributed by atoms with Crippen LogP contribution in [0.25, 0.3) is 0 Å². The molecule has 0 bridgehead atoms. The third-order valence-electron chi connectivity index (χ3n) is 3.19. The standard InChI is InChI=1S/C12H17N3OS2/c16-11(5-9-6-17-4-3-13-9)15-12-14-10(7-18-12)8-1-2-8/h7-9,13H,1-6H2,(H,14,15,16). The first kappa shape index (κ1) is 12.4. The van der Waals surface area contributed by atoms with Crippen molar-refractivity contribution in [1.82, 2.24) is 10.3 Å². The minimum atomic E-state index is 0.0756. The zero-order chi connectivity index (χ0) is 12.4. The number of amides is 1. The Morgan fingerprint density at radius 1 is 1.56 bits per heavy atom. The molecule has 2 heterocycles. The summed E-state index contributed by atoms with van der Waals surface area (Å²) in [6, 6.07) is 0.312. The Bertz CT molecular complexity index is 425. The SMILES string of the molecule is O=C(CC1CSCCN1)Nc1nc(C2CC2)cs1. The predicted octanol–water partition coefficient (Wildman–Crippen LogP) is 2.05. The lowest BCUT2D eigenvalue weighted by Gasteiger charge is -2.22. The summed E-state index contributed by atoms with van der Waals surface area (Å²) in [4.78, 5) is 16.3. The second-order valence-electron chi connectivity index (χ2n) is 4.83. The molecule has 6 heteroatoms. The molecule has 0 spiro atoms. The van der Waals surface area contributed by atoms with Gasteiger partial charge in [0.2, 0.25) is 5.91 Å². The first-order chi connectivity index (χ1) is 8.81. The molecule has 98 valence electrons. The van der Waals surface area contributed by atoms with Crippen LogP contribution in [0.2, 0.25) is 0 Å². The van der Waals surface area contributed by atoms with E-state index < -0.39 is 0 Å². The number of anilines is 1. The van der Waals surface area contributed by atoms with Crippen LogP contribution in [0.1, 0.15) is 30.9 Å². The van der Waals surface area contributed by atoms with Gasteiger partial charge in [0.05, 0.1) is 5.69 Å². The molecular weight excluding hydrogens is 266 g/mol. The van der Waals surface area contributed by atoms with Gasteiger partial charge in [-0.25, -0.2) is 4.98 Å². The molecule has 1 aromatic heterocycles. The number of hydrogen-bond acceptors (Lipinski definition) is 5. The van der Waals surface area contributed by atoms with Crippen molar-refractivity contribution >= 4 is 34.1 Å². The number of nitrogens with zero attached hydrogens (tertiary/aromatic N) is 1. The number of carbonyl (C=O) groups is 1. The molecule has 3 rings (SSSR count). The maximum atomic E-state index is 11.9. The number of carbonyl (C=O) groups excluding carboxylic acids is 1. The average Bonchev–Trinajstić information content (AvgIpc) is 3.12. The lowest BCUT2D eigenvalue weighted by molar-refractivity contribution is -0.116. The predicted molar refractivity (Wildman–Crippen MR) is 76.5 cm³/mol. The summed E-state index contributed by atoms with van der Waals surface area (Å²) in [5, 5.41) is 9.11. The Kier molecular flexibility index (Phi) is 3.86. The highest BCUT2D eigenvalue weighted by molar-refractivity contribution is 7.99. The Hall–Kier alpha value is -0.590. The van der Waals surface area contributed by atoms with Crippen LogP contribution in [-0.4, -0.2) is 35.0 Å². The number of aromatic nitrogens is 1. The van der Waals surface area contributed by atoms with E-state index in [0.717, 1.165) is 28.9 Å². The lowest BCUT2D eigenvalue weighted by atomic mass is 10.2. The second kappa shape index (κ2) is 5.59. The van der Waals surface area contributed by atoms with Crippen molar-refractivity contribution in [3.8, 4) is 0 Å². The molecule has 1 aromatic rings. The first-order valence-electron chi connectivity index (χ1n) is 6.37. The number of nitrogens with one attached hydrogen (secondary N) is 2. The summed E-state index contributed by atoms with van der Waals surface area (Å²) in [6.07, 6.45) is 3.05. The highest BCUT2D eigenvalue weighted by Gasteiger charge is 2.26. The molecule has 0 aromatic carbocycles. The van der Waals surface area contributed by atoms with Gasteiger partial charge >= 0.3 is 0 Å². The molecule has 1 saturated carbocycles. The van der Waals surface area contributed by atoms with E-state index >= 15 is 0 Å². The van der Waals surface area contributed by atoms with Crippen LogP contribution in [0.5, 0.6) is 0 Å². The van der Waals surface area contributed by atoms with Crippen LogP contribution in [0.15, 0.2) is 5.38 Å². The van der Waals surface area contributed by atoms with E-state index in [1.165, 1.54) is 24.2 Å². The Morgan fingerprint density at radius 2 is 2.44 bits per heavy atom. The molecule has 1 saturated heterocycles. The minimum absolute atomic E-state index is 0.0756.